The maximum absolute atomic E-state index is 12.7. The number of nitro groups is 1. The Morgan fingerprint density at radius 3 is 2.92 bits per heavy atom. The monoisotopic (exact) mass is 341 g/mol. The molecular formula is C18H19N3O4. The largest absolute Gasteiger partial charge is 0.497 e. The lowest BCUT2D eigenvalue weighted by Crippen LogP contribution is -2.37. The number of hydrogen-bond donors (Lipinski definition) is 0. The van der Waals surface area contributed by atoms with Gasteiger partial charge in [0.1, 0.15) is 17.6 Å². The Labute approximate surface area is 145 Å². The highest BCUT2D eigenvalue weighted by Crippen LogP contribution is 2.24. The maximum Gasteiger partial charge on any atom is 0.287 e. The molecule has 2 heterocycles. The summed E-state index contributed by atoms with van der Waals surface area (Å²) < 4.78 is 5.25. The molecule has 1 amide bonds. The lowest BCUT2D eigenvalue weighted by Gasteiger charge is -2.24. The molecule has 1 atom stereocenters. The Morgan fingerprint density at radius 2 is 2.24 bits per heavy atom. The van der Waals surface area contributed by atoms with Gasteiger partial charge in [0.05, 0.1) is 12.0 Å². The molecule has 1 saturated heterocycles. The summed E-state index contributed by atoms with van der Waals surface area (Å²) in [6, 6.07) is 10.7. The average molecular weight is 341 g/mol. The first-order valence-electron chi connectivity index (χ1n) is 8.13. The summed E-state index contributed by atoms with van der Waals surface area (Å²) in [5.74, 6) is 0.616. The molecule has 7 heteroatoms. The van der Waals surface area contributed by atoms with Crippen LogP contribution in [-0.2, 0) is 6.42 Å². The first-order valence-corrected chi connectivity index (χ1v) is 8.13. The third kappa shape index (κ3) is 3.76. The molecule has 130 valence electrons. The van der Waals surface area contributed by atoms with E-state index in [1.165, 1.54) is 12.1 Å². The van der Waals surface area contributed by atoms with Gasteiger partial charge in [0.2, 0.25) is 0 Å². The molecule has 25 heavy (non-hydrogen) atoms. The van der Waals surface area contributed by atoms with Crippen molar-refractivity contribution in [1.82, 2.24) is 9.88 Å². The number of rotatable bonds is 5. The fourth-order valence-electron chi connectivity index (χ4n) is 3.15. The van der Waals surface area contributed by atoms with Crippen LogP contribution in [0.2, 0.25) is 0 Å². The molecule has 0 N–H and O–H groups in total. The van der Waals surface area contributed by atoms with Crippen LogP contribution in [0.15, 0.2) is 42.6 Å². The Hall–Kier alpha value is -2.96. The standard InChI is InChI=1S/C18H19N3O4/c1-25-16-6-2-4-13(11-16)10-14-5-3-9-20(14)18(22)17-8-7-15(12-19-17)21(23)24/h2,4,6-8,11-12,14H,3,5,9-10H2,1H3/t14-/m1/s1. The van der Waals surface area contributed by atoms with Crippen LogP contribution in [-0.4, -0.2) is 40.4 Å². The van der Waals surface area contributed by atoms with Crippen LogP contribution >= 0.6 is 0 Å². The first kappa shape index (κ1) is 16.9. The minimum atomic E-state index is -0.525. The molecule has 1 aliphatic rings. The first-order chi connectivity index (χ1) is 12.1. The highest BCUT2D eigenvalue weighted by atomic mass is 16.6. The summed E-state index contributed by atoms with van der Waals surface area (Å²) in [4.78, 5) is 28.7. The third-order valence-corrected chi connectivity index (χ3v) is 4.42. The number of nitrogens with zero attached hydrogens (tertiary/aromatic N) is 3. The fraction of sp³-hybridized carbons (Fsp3) is 0.333. The van der Waals surface area contributed by atoms with Gasteiger partial charge in [-0.25, -0.2) is 4.98 Å². The molecule has 7 nitrogen and oxygen atoms in total. The summed E-state index contributed by atoms with van der Waals surface area (Å²) in [5, 5.41) is 10.7. The molecule has 1 fully saturated rings. The summed E-state index contributed by atoms with van der Waals surface area (Å²) >= 11 is 0. The van der Waals surface area contributed by atoms with E-state index < -0.39 is 4.92 Å². The van der Waals surface area contributed by atoms with Gasteiger partial charge in [0.25, 0.3) is 11.6 Å². The van der Waals surface area contributed by atoms with Crippen LogP contribution in [0.25, 0.3) is 0 Å². The van der Waals surface area contributed by atoms with Crippen molar-refractivity contribution in [2.24, 2.45) is 0 Å². The second-order valence-electron chi connectivity index (χ2n) is 6.01. The second-order valence-corrected chi connectivity index (χ2v) is 6.01. The van der Waals surface area contributed by atoms with Crippen LogP contribution in [0, 0.1) is 10.1 Å². The number of carbonyl (C=O) groups excluding carboxylic acids is 1. The molecule has 0 spiro atoms. The summed E-state index contributed by atoms with van der Waals surface area (Å²) in [5.41, 5.74) is 1.23. The molecule has 1 aromatic carbocycles. The van der Waals surface area contributed by atoms with Gasteiger partial charge in [-0.2, -0.15) is 0 Å². The van der Waals surface area contributed by atoms with Gasteiger partial charge in [-0.1, -0.05) is 12.1 Å². The number of benzene rings is 1. The Balaban J connectivity index is 1.74. The summed E-state index contributed by atoms with van der Waals surface area (Å²) in [6.45, 7) is 0.673. The van der Waals surface area contributed by atoms with E-state index in [-0.39, 0.29) is 23.3 Å². The van der Waals surface area contributed by atoms with Crippen LogP contribution in [0.3, 0.4) is 0 Å². The zero-order chi connectivity index (χ0) is 17.8. The van der Waals surface area contributed by atoms with E-state index in [2.05, 4.69) is 4.98 Å². The maximum atomic E-state index is 12.7. The molecule has 0 saturated carbocycles. The van der Waals surface area contributed by atoms with E-state index in [1.54, 1.807) is 7.11 Å². The number of pyridine rings is 1. The predicted molar refractivity (Wildman–Crippen MR) is 91.6 cm³/mol. The van der Waals surface area contributed by atoms with Crippen molar-refractivity contribution in [2.45, 2.75) is 25.3 Å². The molecule has 0 aliphatic carbocycles. The van der Waals surface area contributed by atoms with Gasteiger partial charge in [-0.15, -0.1) is 0 Å². The van der Waals surface area contributed by atoms with E-state index in [4.69, 9.17) is 4.74 Å². The van der Waals surface area contributed by atoms with Crippen molar-refractivity contribution in [3.8, 4) is 5.75 Å². The molecule has 1 aliphatic heterocycles. The quantitative estimate of drug-likeness (QED) is 0.616. The van der Waals surface area contributed by atoms with Crippen molar-refractivity contribution < 1.29 is 14.5 Å². The Morgan fingerprint density at radius 1 is 1.40 bits per heavy atom. The smallest absolute Gasteiger partial charge is 0.287 e. The predicted octanol–water partition coefficient (Wildman–Crippen LogP) is 2.85. The third-order valence-electron chi connectivity index (χ3n) is 4.42. The van der Waals surface area contributed by atoms with Gasteiger partial charge < -0.3 is 9.64 Å². The van der Waals surface area contributed by atoms with Crippen LogP contribution in [0.1, 0.15) is 28.9 Å². The normalized spacial score (nSPS) is 16.7. The number of hydrogen-bond acceptors (Lipinski definition) is 5. The van der Waals surface area contributed by atoms with Crippen LogP contribution < -0.4 is 4.74 Å². The number of likely N-dealkylation sites (tertiary alicyclic amines) is 1. The highest BCUT2D eigenvalue weighted by molar-refractivity contribution is 5.92. The number of carbonyl (C=O) groups is 1. The molecule has 0 radical (unpaired) electrons. The van der Waals surface area contributed by atoms with Crippen molar-refractivity contribution in [3.63, 3.8) is 0 Å². The lowest BCUT2D eigenvalue weighted by molar-refractivity contribution is -0.385. The van der Waals surface area contributed by atoms with E-state index in [0.29, 0.717) is 6.54 Å². The Kier molecular flexibility index (Phi) is 4.92. The van der Waals surface area contributed by atoms with Crippen molar-refractivity contribution in [3.05, 3.63) is 64.0 Å². The van der Waals surface area contributed by atoms with Gasteiger partial charge in [0, 0.05) is 18.7 Å². The lowest BCUT2D eigenvalue weighted by atomic mass is 10.0. The van der Waals surface area contributed by atoms with Gasteiger partial charge in [-0.05, 0) is 43.0 Å². The topological polar surface area (TPSA) is 85.6 Å². The summed E-state index contributed by atoms with van der Waals surface area (Å²) in [7, 11) is 1.63. The molecule has 3 rings (SSSR count). The number of amides is 1. The zero-order valence-corrected chi connectivity index (χ0v) is 13.9. The van der Waals surface area contributed by atoms with Crippen molar-refractivity contribution in [1.29, 1.82) is 0 Å². The number of aromatic nitrogens is 1. The number of ether oxygens (including phenoxy) is 1. The van der Waals surface area contributed by atoms with E-state index in [1.807, 2.05) is 29.2 Å². The fourth-order valence-corrected chi connectivity index (χ4v) is 3.15. The van der Waals surface area contributed by atoms with E-state index in [0.717, 1.165) is 36.8 Å². The molecular weight excluding hydrogens is 322 g/mol. The van der Waals surface area contributed by atoms with Gasteiger partial charge in [-0.3, -0.25) is 14.9 Å². The van der Waals surface area contributed by atoms with Gasteiger partial charge >= 0.3 is 0 Å². The second kappa shape index (κ2) is 7.29. The van der Waals surface area contributed by atoms with Crippen LogP contribution in [0.4, 0.5) is 5.69 Å². The van der Waals surface area contributed by atoms with Crippen LogP contribution in [0.5, 0.6) is 5.75 Å². The average Bonchev–Trinajstić information content (AvgIpc) is 3.09. The number of methoxy groups -OCH3 is 1. The summed E-state index contributed by atoms with van der Waals surface area (Å²) in [6.07, 6.45) is 3.74. The minimum Gasteiger partial charge on any atom is -0.497 e. The molecule has 0 unspecified atom stereocenters. The molecule has 1 aromatic heterocycles. The zero-order valence-electron chi connectivity index (χ0n) is 13.9. The molecule has 2 aromatic rings. The highest BCUT2D eigenvalue weighted by Gasteiger charge is 2.30. The van der Waals surface area contributed by atoms with Gasteiger partial charge in [0.15, 0.2) is 0 Å². The van der Waals surface area contributed by atoms with Crippen molar-refractivity contribution >= 4 is 11.6 Å². The van der Waals surface area contributed by atoms with E-state index in [9.17, 15) is 14.9 Å². The van der Waals surface area contributed by atoms with Crippen molar-refractivity contribution in [2.75, 3.05) is 13.7 Å². The molecule has 0 bridgehead atoms. The SMILES string of the molecule is COc1cccc(C[C@H]2CCCN2C(=O)c2ccc([N+](=O)[O-])cn2)c1. The van der Waals surface area contributed by atoms with E-state index >= 15 is 0 Å². The Bertz CT molecular complexity index is 776. The minimum absolute atomic E-state index is 0.0941.